The van der Waals surface area contributed by atoms with E-state index in [1.165, 1.54) is 7.05 Å². The minimum absolute atomic E-state index is 0.0825. The van der Waals surface area contributed by atoms with Crippen molar-refractivity contribution in [1.29, 1.82) is 0 Å². The number of nitrogens with zero attached hydrogens (tertiary/aromatic N) is 1. The van der Waals surface area contributed by atoms with Crippen molar-refractivity contribution >= 4 is 17.7 Å². The van der Waals surface area contributed by atoms with Gasteiger partial charge in [-0.15, -0.1) is 0 Å². The number of likely N-dealkylation sites (tertiary alicyclic amines) is 1. The molecule has 1 rings (SSSR count). The van der Waals surface area contributed by atoms with Crippen molar-refractivity contribution in [2.24, 2.45) is 5.92 Å². The van der Waals surface area contributed by atoms with Gasteiger partial charge in [0.15, 0.2) is 0 Å². The zero-order chi connectivity index (χ0) is 11.6. The molecule has 1 aliphatic rings. The molecule has 0 aromatic carbocycles. The Morgan fingerprint density at radius 1 is 1.53 bits per heavy atom. The molecule has 3 amide bonds. The number of amides is 3. The summed E-state index contributed by atoms with van der Waals surface area (Å²) in [4.78, 5) is 35.0. The summed E-state index contributed by atoms with van der Waals surface area (Å²) in [6.45, 7) is 3.85. The van der Waals surface area contributed by atoms with Crippen LogP contribution in [0.25, 0.3) is 0 Å². The highest BCUT2D eigenvalue weighted by atomic mass is 16.2. The highest BCUT2D eigenvalue weighted by Gasteiger charge is 2.36. The topological polar surface area (TPSA) is 66.5 Å². The first-order chi connectivity index (χ1) is 6.91. The summed E-state index contributed by atoms with van der Waals surface area (Å²) in [6.07, 6.45) is 0.459. The molecule has 84 valence electrons. The van der Waals surface area contributed by atoms with E-state index in [1.807, 2.05) is 13.8 Å². The van der Waals surface area contributed by atoms with Crippen LogP contribution in [0.3, 0.4) is 0 Å². The Morgan fingerprint density at radius 2 is 2.13 bits per heavy atom. The third kappa shape index (κ3) is 2.78. The van der Waals surface area contributed by atoms with Gasteiger partial charge in [-0.3, -0.25) is 19.3 Å². The monoisotopic (exact) mass is 212 g/mol. The summed E-state index contributed by atoms with van der Waals surface area (Å²) in [7, 11) is 1.43. The van der Waals surface area contributed by atoms with Gasteiger partial charge in [0.05, 0.1) is 6.42 Å². The van der Waals surface area contributed by atoms with Gasteiger partial charge in [0.1, 0.15) is 6.04 Å². The Kier molecular flexibility index (Phi) is 3.44. The Morgan fingerprint density at radius 3 is 2.53 bits per heavy atom. The maximum atomic E-state index is 11.4. The van der Waals surface area contributed by atoms with Crippen molar-refractivity contribution in [2.45, 2.75) is 32.7 Å². The Labute approximate surface area is 88.8 Å². The third-order valence-corrected chi connectivity index (χ3v) is 2.31. The molecule has 5 heteroatoms. The van der Waals surface area contributed by atoms with Crippen molar-refractivity contribution in [3.05, 3.63) is 0 Å². The fourth-order valence-corrected chi connectivity index (χ4v) is 1.49. The van der Waals surface area contributed by atoms with Gasteiger partial charge in [0.2, 0.25) is 11.8 Å². The van der Waals surface area contributed by atoms with Crippen molar-refractivity contribution in [2.75, 3.05) is 7.05 Å². The van der Waals surface area contributed by atoms with E-state index in [0.29, 0.717) is 6.42 Å². The smallest absolute Gasteiger partial charge is 0.252 e. The molecule has 1 fully saturated rings. The SMILES string of the molecule is CC(C)CC(=O)NC1CC(=O)N(C)C1=O. The Balaban J connectivity index is 2.50. The van der Waals surface area contributed by atoms with Gasteiger partial charge in [-0.2, -0.15) is 0 Å². The number of rotatable bonds is 3. The van der Waals surface area contributed by atoms with Crippen LogP contribution in [0.15, 0.2) is 0 Å². The maximum Gasteiger partial charge on any atom is 0.252 e. The van der Waals surface area contributed by atoms with E-state index in [0.717, 1.165) is 4.90 Å². The maximum absolute atomic E-state index is 11.4. The molecule has 1 atom stereocenters. The van der Waals surface area contributed by atoms with E-state index in [2.05, 4.69) is 5.32 Å². The molecule has 0 aromatic rings. The first-order valence-electron chi connectivity index (χ1n) is 5.01. The first-order valence-corrected chi connectivity index (χ1v) is 5.01. The van der Waals surface area contributed by atoms with Crippen LogP contribution in [0.1, 0.15) is 26.7 Å². The highest BCUT2D eigenvalue weighted by molar-refractivity contribution is 6.06. The summed E-state index contributed by atoms with van der Waals surface area (Å²) in [5.74, 6) is -0.492. The summed E-state index contributed by atoms with van der Waals surface area (Å²) in [5, 5.41) is 2.57. The zero-order valence-electron chi connectivity index (χ0n) is 9.24. The quantitative estimate of drug-likeness (QED) is 0.665. The second-order valence-electron chi connectivity index (χ2n) is 4.21. The minimum Gasteiger partial charge on any atom is -0.344 e. The van der Waals surface area contributed by atoms with Gasteiger partial charge < -0.3 is 5.32 Å². The molecule has 1 N–H and O–H groups in total. The van der Waals surface area contributed by atoms with Crippen LogP contribution in [-0.4, -0.2) is 35.7 Å². The molecular formula is C10H16N2O3. The lowest BCUT2D eigenvalue weighted by molar-refractivity contribution is -0.138. The van der Waals surface area contributed by atoms with E-state index in [1.54, 1.807) is 0 Å². The molecule has 5 nitrogen and oxygen atoms in total. The summed E-state index contributed by atoms with van der Waals surface area (Å²) in [5.41, 5.74) is 0. The predicted molar refractivity (Wildman–Crippen MR) is 53.8 cm³/mol. The second kappa shape index (κ2) is 4.42. The van der Waals surface area contributed by atoms with E-state index >= 15 is 0 Å². The van der Waals surface area contributed by atoms with E-state index < -0.39 is 6.04 Å². The lowest BCUT2D eigenvalue weighted by atomic mass is 10.1. The van der Waals surface area contributed by atoms with Crippen LogP contribution in [0, 0.1) is 5.92 Å². The predicted octanol–water partition coefficient (Wildman–Crippen LogP) is -0.0940. The number of nitrogens with one attached hydrogen (secondary N) is 1. The van der Waals surface area contributed by atoms with E-state index in [9.17, 15) is 14.4 Å². The van der Waals surface area contributed by atoms with Crippen LogP contribution >= 0.6 is 0 Å². The molecule has 0 aromatic heterocycles. The average Bonchev–Trinajstić information content (AvgIpc) is 2.32. The van der Waals surface area contributed by atoms with Gasteiger partial charge in [0.25, 0.3) is 5.91 Å². The Bertz CT molecular complexity index is 299. The fourth-order valence-electron chi connectivity index (χ4n) is 1.49. The van der Waals surface area contributed by atoms with Crippen molar-refractivity contribution < 1.29 is 14.4 Å². The molecule has 0 saturated carbocycles. The number of likely N-dealkylation sites (N-methyl/N-ethyl adjacent to an activating group) is 1. The normalized spacial score (nSPS) is 21.3. The fraction of sp³-hybridized carbons (Fsp3) is 0.700. The minimum atomic E-state index is -0.659. The standard InChI is InChI=1S/C10H16N2O3/c1-6(2)4-8(13)11-7-5-9(14)12(3)10(7)15/h6-7H,4-5H2,1-3H3,(H,11,13). The molecule has 0 bridgehead atoms. The van der Waals surface area contributed by atoms with Crippen LogP contribution in [0.5, 0.6) is 0 Å². The van der Waals surface area contributed by atoms with Crippen LogP contribution in [-0.2, 0) is 14.4 Å². The van der Waals surface area contributed by atoms with Gasteiger partial charge in [0, 0.05) is 13.5 Å². The van der Waals surface area contributed by atoms with Gasteiger partial charge in [-0.05, 0) is 5.92 Å². The van der Waals surface area contributed by atoms with Crippen LogP contribution in [0.2, 0.25) is 0 Å². The lowest BCUT2D eigenvalue weighted by Crippen LogP contribution is -2.40. The number of carbonyl (C=O) groups is 3. The summed E-state index contributed by atoms with van der Waals surface area (Å²) >= 11 is 0. The molecule has 0 aliphatic carbocycles. The number of carbonyl (C=O) groups excluding carboxylic acids is 3. The Hall–Kier alpha value is -1.39. The number of hydrogen-bond acceptors (Lipinski definition) is 3. The molecule has 0 radical (unpaired) electrons. The van der Waals surface area contributed by atoms with E-state index in [4.69, 9.17) is 0 Å². The summed E-state index contributed by atoms with van der Waals surface area (Å²) in [6, 6.07) is -0.659. The molecule has 1 saturated heterocycles. The second-order valence-corrected chi connectivity index (χ2v) is 4.21. The molecule has 15 heavy (non-hydrogen) atoms. The largest absolute Gasteiger partial charge is 0.344 e. The van der Waals surface area contributed by atoms with Crippen molar-refractivity contribution in [3.63, 3.8) is 0 Å². The molecule has 0 spiro atoms. The lowest BCUT2D eigenvalue weighted by Gasteiger charge is -2.11. The molecule has 1 aliphatic heterocycles. The summed E-state index contributed by atoms with van der Waals surface area (Å²) < 4.78 is 0. The van der Waals surface area contributed by atoms with Crippen LogP contribution < -0.4 is 5.32 Å². The van der Waals surface area contributed by atoms with Crippen LogP contribution in [0.4, 0.5) is 0 Å². The average molecular weight is 212 g/mol. The highest BCUT2D eigenvalue weighted by Crippen LogP contribution is 2.11. The molecule has 1 unspecified atom stereocenters. The van der Waals surface area contributed by atoms with Crippen molar-refractivity contribution in [1.82, 2.24) is 10.2 Å². The van der Waals surface area contributed by atoms with Crippen molar-refractivity contribution in [3.8, 4) is 0 Å². The van der Waals surface area contributed by atoms with Gasteiger partial charge in [-0.1, -0.05) is 13.8 Å². The van der Waals surface area contributed by atoms with Gasteiger partial charge >= 0.3 is 0 Å². The molecule has 1 heterocycles. The van der Waals surface area contributed by atoms with Gasteiger partial charge in [-0.25, -0.2) is 0 Å². The number of imide groups is 1. The van der Waals surface area contributed by atoms with E-state index in [-0.39, 0.29) is 30.1 Å². The third-order valence-electron chi connectivity index (χ3n) is 2.31. The molecular weight excluding hydrogens is 196 g/mol. The zero-order valence-corrected chi connectivity index (χ0v) is 9.24. The first kappa shape index (κ1) is 11.7. The number of hydrogen-bond donors (Lipinski definition) is 1.